The van der Waals surface area contributed by atoms with E-state index in [1.165, 1.54) is 4.68 Å². The zero-order valence-corrected chi connectivity index (χ0v) is 11.8. The first kappa shape index (κ1) is 13.3. The van der Waals surface area contributed by atoms with Crippen molar-refractivity contribution >= 4 is 5.69 Å². The minimum Gasteiger partial charge on any atom is -0.398 e. The summed E-state index contributed by atoms with van der Waals surface area (Å²) in [6.07, 6.45) is 0.793. The molecule has 1 heterocycles. The molecule has 4 nitrogen and oxygen atoms in total. The van der Waals surface area contributed by atoms with Gasteiger partial charge in [-0.25, -0.2) is 4.68 Å². The molecule has 2 aromatic rings. The van der Waals surface area contributed by atoms with Crippen molar-refractivity contribution in [3.05, 3.63) is 45.4 Å². The van der Waals surface area contributed by atoms with Gasteiger partial charge in [-0.05, 0) is 49.1 Å². The van der Waals surface area contributed by atoms with Crippen LogP contribution in [-0.2, 0) is 13.5 Å². The van der Waals surface area contributed by atoms with Gasteiger partial charge in [-0.3, -0.25) is 4.79 Å². The second-order valence-electron chi connectivity index (χ2n) is 4.86. The molecule has 4 heteroatoms. The first-order valence-electron chi connectivity index (χ1n) is 6.38. The molecule has 0 aliphatic heterocycles. The van der Waals surface area contributed by atoms with Crippen molar-refractivity contribution in [1.82, 2.24) is 9.78 Å². The summed E-state index contributed by atoms with van der Waals surface area (Å²) in [6, 6.07) is 5.75. The number of rotatable bonds is 2. The van der Waals surface area contributed by atoms with E-state index in [-0.39, 0.29) is 5.56 Å². The van der Waals surface area contributed by atoms with E-state index < -0.39 is 0 Å². The zero-order chi connectivity index (χ0) is 14.2. The molecule has 0 saturated carbocycles. The average Bonchev–Trinajstić information content (AvgIpc) is 2.37. The molecular weight excluding hydrogens is 238 g/mol. The Bertz CT molecular complexity index is 687. The summed E-state index contributed by atoms with van der Waals surface area (Å²) < 4.78 is 1.39. The molecule has 0 bridgehead atoms. The van der Waals surface area contributed by atoms with Crippen LogP contribution in [-0.4, -0.2) is 9.78 Å². The van der Waals surface area contributed by atoms with Crippen LogP contribution in [0.4, 0.5) is 5.69 Å². The topological polar surface area (TPSA) is 60.9 Å². The summed E-state index contributed by atoms with van der Waals surface area (Å²) in [5.74, 6) is 0. The van der Waals surface area contributed by atoms with Crippen LogP contribution < -0.4 is 11.3 Å². The lowest BCUT2D eigenvalue weighted by Gasteiger charge is -2.11. The normalized spacial score (nSPS) is 10.7. The van der Waals surface area contributed by atoms with E-state index in [4.69, 9.17) is 5.73 Å². The first-order valence-corrected chi connectivity index (χ1v) is 6.38. The molecule has 1 aromatic carbocycles. The van der Waals surface area contributed by atoms with E-state index in [2.05, 4.69) is 5.10 Å². The molecule has 0 unspecified atom stereocenters. The minimum atomic E-state index is -0.0939. The van der Waals surface area contributed by atoms with E-state index in [0.717, 1.165) is 28.8 Å². The van der Waals surface area contributed by atoms with Gasteiger partial charge < -0.3 is 5.73 Å². The van der Waals surface area contributed by atoms with Gasteiger partial charge in [0.15, 0.2) is 0 Å². The Hall–Kier alpha value is -2.10. The van der Waals surface area contributed by atoms with E-state index in [1.54, 1.807) is 7.05 Å². The van der Waals surface area contributed by atoms with Crippen molar-refractivity contribution in [3.8, 4) is 11.1 Å². The standard InChI is InChI=1S/C15H19N3O/c1-5-11-7-13(15(19)18(4)17-11)12-8-14(16)10(3)6-9(12)2/h6-8H,5,16H2,1-4H3. The van der Waals surface area contributed by atoms with Crippen LogP contribution >= 0.6 is 0 Å². The summed E-state index contributed by atoms with van der Waals surface area (Å²) in [5.41, 5.74) is 11.1. The average molecular weight is 257 g/mol. The Morgan fingerprint density at radius 2 is 1.84 bits per heavy atom. The fourth-order valence-electron chi connectivity index (χ4n) is 2.19. The van der Waals surface area contributed by atoms with Gasteiger partial charge in [-0.15, -0.1) is 0 Å². The van der Waals surface area contributed by atoms with Crippen LogP contribution in [0.5, 0.6) is 0 Å². The van der Waals surface area contributed by atoms with Gasteiger partial charge in [0.2, 0.25) is 0 Å². The number of anilines is 1. The fraction of sp³-hybridized carbons (Fsp3) is 0.333. The van der Waals surface area contributed by atoms with Crippen molar-refractivity contribution in [3.63, 3.8) is 0 Å². The molecule has 2 rings (SSSR count). The lowest BCUT2D eigenvalue weighted by Crippen LogP contribution is -2.22. The van der Waals surface area contributed by atoms with Gasteiger partial charge >= 0.3 is 0 Å². The number of hydrogen-bond donors (Lipinski definition) is 1. The van der Waals surface area contributed by atoms with E-state index in [9.17, 15) is 4.79 Å². The van der Waals surface area contributed by atoms with Crippen LogP contribution in [0.1, 0.15) is 23.7 Å². The molecule has 0 atom stereocenters. The van der Waals surface area contributed by atoms with Crippen LogP contribution in [0, 0.1) is 13.8 Å². The van der Waals surface area contributed by atoms with Gasteiger partial charge in [-0.2, -0.15) is 5.10 Å². The summed E-state index contributed by atoms with van der Waals surface area (Å²) >= 11 is 0. The largest absolute Gasteiger partial charge is 0.398 e. The van der Waals surface area contributed by atoms with Crippen molar-refractivity contribution in [2.24, 2.45) is 7.05 Å². The van der Waals surface area contributed by atoms with E-state index >= 15 is 0 Å². The number of benzene rings is 1. The van der Waals surface area contributed by atoms with E-state index in [0.29, 0.717) is 11.3 Å². The van der Waals surface area contributed by atoms with Crippen LogP contribution in [0.2, 0.25) is 0 Å². The van der Waals surface area contributed by atoms with Gasteiger partial charge in [0.25, 0.3) is 5.56 Å². The van der Waals surface area contributed by atoms with Crippen molar-refractivity contribution < 1.29 is 0 Å². The zero-order valence-electron chi connectivity index (χ0n) is 11.8. The van der Waals surface area contributed by atoms with Gasteiger partial charge in [0.1, 0.15) is 0 Å². The Morgan fingerprint density at radius 3 is 2.47 bits per heavy atom. The predicted octanol–water partition coefficient (Wildman–Crippen LogP) is 2.21. The second kappa shape index (κ2) is 4.88. The maximum absolute atomic E-state index is 12.2. The Morgan fingerprint density at radius 1 is 1.16 bits per heavy atom. The molecule has 1 aromatic heterocycles. The maximum atomic E-state index is 12.2. The first-order chi connectivity index (χ1) is 8.93. The van der Waals surface area contributed by atoms with Crippen molar-refractivity contribution in [2.75, 3.05) is 5.73 Å². The van der Waals surface area contributed by atoms with E-state index in [1.807, 2.05) is 39.0 Å². The SMILES string of the molecule is CCc1cc(-c2cc(N)c(C)cc2C)c(=O)n(C)n1. The molecule has 100 valence electrons. The summed E-state index contributed by atoms with van der Waals surface area (Å²) in [6.45, 7) is 5.98. The molecule has 2 N–H and O–H groups in total. The van der Waals surface area contributed by atoms with Gasteiger partial charge in [0.05, 0.1) is 11.3 Å². The van der Waals surface area contributed by atoms with Crippen LogP contribution in [0.25, 0.3) is 11.1 Å². The highest BCUT2D eigenvalue weighted by Gasteiger charge is 2.11. The molecule has 0 aliphatic rings. The molecule has 0 amide bonds. The highest BCUT2D eigenvalue weighted by molar-refractivity contribution is 5.72. The number of nitrogens with zero attached hydrogens (tertiary/aromatic N) is 2. The molecule has 0 fully saturated rings. The van der Waals surface area contributed by atoms with Crippen LogP contribution in [0.3, 0.4) is 0 Å². The highest BCUT2D eigenvalue weighted by atomic mass is 16.1. The third-order valence-electron chi connectivity index (χ3n) is 3.38. The number of nitrogen functional groups attached to an aromatic ring is 1. The molecule has 0 saturated heterocycles. The number of nitrogens with two attached hydrogens (primary N) is 1. The second-order valence-corrected chi connectivity index (χ2v) is 4.86. The Labute approximate surface area is 112 Å². The highest BCUT2D eigenvalue weighted by Crippen LogP contribution is 2.25. The Kier molecular flexibility index (Phi) is 3.42. The molecule has 0 aliphatic carbocycles. The summed E-state index contributed by atoms with van der Waals surface area (Å²) in [7, 11) is 1.68. The fourth-order valence-corrected chi connectivity index (χ4v) is 2.19. The molecular formula is C15H19N3O. The molecule has 0 radical (unpaired) electrons. The third-order valence-corrected chi connectivity index (χ3v) is 3.38. The lowest BCUT2D eigenvalue weighted by atomic mass is 9.98. The molecule has 0 spiro atoms. The number of aryl methyl sites for hydroxylation is 4. The lowest BCUT2D eigenvalue weighted by molar-refractivity contribution is 0.683. The molecule has 19 heavy (non-hydrogen) atoms. The smallest absolute Gasteiger partial charge is 0.274 e. The minimum absolute atomic E-state index is 0.0939. The summed E-state index contributed by atoms with van der Waals surface area (Å²) in [4.78, 5) is 12.2. The monoisotopic (exact) mass is 257 g/mol. The number of aromatic nitrogens is 2. The third kappa shape index (κ3) is 2.38. The van der Waals surface area contributed by atoms with Crippen LogP contribution in [0.15, 0.2) is 23.0 Å². The van der Waals surface area contributed by atoms with Crippen molar-refractivity contribution in [1.29, 1.82) is 0 Å². The Balaban J connectivity index is 2.75. The number of hydrogen-bond acceptors (Lipinski definition) is 3. The van der Waals surface area contributed by atoms with Gasteiger partial charge in [0, 0.05) is 12.7 Å². The van der Waals surface area contributed by atoms with Gasteiger partial charge in [-0.1, -0.05) is 13.0 Å². The predicted molar refractivity (Wildman–Crippen MR) is 78.2 cm³/mol. The maximum Gasteiger partial charge on any atom is 0.274 e. The summed E-state index contributed by atoms with van der Waals surface area (Å²) in [5, 5.41) is 4.22. The van der Waals surface area contributed by atoms with Crippen molar-refractivity contribution in [2.45, 2.75) is 27.2 Å². The quantitative estimate of drug-likeness (QED) is 0.839.